The van der Waals surface area contributed by atoms with E-state index in [2.05, 4.69) is 0 Å². The largest absolute Gasteiger partial charge is 0.483 e. The third-order valence-corrected chi connectivity index (χ3v) is 3.25. The molecule has 7 nitrogen and oxygen atoms in total. The number of carbonyl (C=O) groups excluding carboxylic acids is 1. The number of anilines is 1. The van der Waals surface area contributed by atoms with Gasteiger partial charge in [0.05, 0.1) is 6.61 Å². The van der Waals surface area contributed by atoms with Crippen molar-refractivity contribution in [3.8, 4) is 5.06 Å². The van der Waals surface area contributed by atoms with Gasteiger partial charge >= 0.3 is 17.8 Å². The van der Waals surface area contributed by atoms with Gasteiger partial charge in [-0.05, 0) is 0 Å². The number of carboxylic acids is 2. The van der Waals surface area contributed by atoms with E-state index in [0.29, 0.717) is 23.7 Å². The number of hydrogen-bond donors (Lipinski definition) is 3. The summed E-state index contributed by atoms with van der Waals surface area (Å²) in [5.74, 6) is -4.16. The Balaban J connectivity index is 2.38. The molecule has 0 atom stereocenters. The summed E-state index contributed by atoms with van der Waals surface area (Å²) in [5, 5.41) is 19.9. The Morgan fingerprint density at radius 1 is 1.29 bits per heavy atom. The van der Waals surface area contributed by atoms with Gasteiger partial charge in [-0.1, -0.05) is 11.3 Å². The van der Waals surface area contributed by atoms with Gasteiger partial charge in [0, 0.05) is 12.0 Å². The number of carboxylic acid groups (broad SMARTS) is 2. The molecule has 1 aromatic heterocycles. The number of ether oxygens (including phenoxy) is 1. The number of nitrogens with one attached hydrogen (secondary N) is 1. The summed E-state index contributed by atoms with van der Waals surface area (Å²) in [6.45, 7) is 0.397. The van der Waals surface area contributed by atoms with Crippen LogP contribution in [-0.2, 0) is 16.0 Å². The van der Waals surface area contributed by atoms with Crippen LogP contribution in [0.5, 0.6) is 5.06 Å². The van der Waals surface area contributed by atoms with Crippen molar-refractivity contribution in [2.45, 2.75) is 6.42 Å². The van der Waals surface area contributed by atoms with Gasteiger partial charge in [-0.2, -0.15) is 0 Å². The van der Waals surface area contributed by atoms with Crippen molar-refractivity contribution in [3.05, 3.63) is 11.1 Å². The Bertz CT molecular complexity index is 520. The zero-order valence-corrected chi connectivity index (χ0v) is 9.17. The number of aromatic carboxylic acids is 1. The quantitative estimate of drug-likeness (QED) is 0.661. The summed E-state index contributed by atoms with van der Waals surface area (Å²) in [6, 6.07) is 0. The average molecular weight is 257 g/mol. The van der Waals surface area contributed by atoms with E-state index in [1.54, 1.807) is 0 Å². The van der Waals surface area contributed by atoms with Gasteiger partial charge in [-0.3, -0.25) is 4.79 Å². The molecular weight excluding hydrogens is 250 g/mol. The summed E-state index contributed by atoms with van der Waals surface area (Å²) >= 11 is 0.924. The second-order valence-electron chi connectivity index (χ2n) is 3.24. The lowest BCUT2D eigenvalue weighted by atomic mass is 10.1. The van der Waals surface area contributed by atoms with Crippen LogP contribution >= 0.6 is 11.3 Å². The van der Waals surface area contributed by atoms with E-state index in [-0.39, 0.29) is 10.6 Å². The zero-order valence-electron chi connectivity index (χ0n) is 8.35. The van der Waals surface area contributed by atoms with Crippen LogP contribution in [0.1, 0.15) is 15.9 Å². The fourth-order valence-corrected chi connectivity index (χ4v) is 2.62. The molecule has 0 aliphatic carbocycles. The molecule has 1 aromatic rings. The number of rotatable bonds is 2. The van der Waals surface area contributed by atoms with E-state index in [1.165, 1.54) is 0 Å². The zero-order chi connectivity index (χ0) is 12.6. The highest BCUT2D eigenvalue weighted by Gasteiger charge is 2.29. The molecule has 17 heavy (non-hydrogen) atoms. The molecule has 3 N–H and O–H groups in total. The summed E-state index contributed by atoms with van der Waals surface area (Å²) < 4.78 is 5.17. The number of fused-ring (bicyclic) bond motifs is 1. The molecule has 1 aliphatic heterocycles. The van der Waals surface area contributed by atoms with Crippen molar-refractivity contribution in [3.63, 3.8) is 0 Å². The molecule has 0 spiro atoms. The first-order valence-corrected chi connectivity index (χ1v) is 5.38. The minimum atomic E-state index is -1.67. The predicted molar refractivity (Wildman–Crippen MR) is 56.7 cm³/mol. The Morgan fingerprint density at radius 2 is 2.00 bits per heavy atom. The van der Waals surface area contributed by atoms with Gasteiger partial charge in [0.1, 0.15) is 10.6 Å². The lowest BCUT2D eigenvalue weighted by Crippen LogP contribution is -2.22. The standard InChI is InChI=1S/C9H7NO6S/c11-5(8(14)15)10-6-4(7(12)13)3-1-2-16-9(3)17-6/h1-2H2,(H,10,11)(H,12,13)(H,14,15). The molecule has 1 aliphatic rings. The van der Waals surface area contributed by atoms with Crippen molar-refractivity contribution in [1.82, 2.24) is 0 Å². The molecule has 0 bridgehead atoms. The minimum Gasteiger partial charge on any atom is -0.483 e. The third-order valence-electron chi connectivity index (χ3n) is 2.19. The van der Waals surface area contributed by atoms with E-state index in [1.807, 2.05) is 5.32 Å². The monoisotopic (exact) mass is 257 g/mol. The van der Waals surface area contributed by atoms with E-state index < -0.39 is 17.8 Å². The molecule has 2 rings (SSSR count). The Kier molecular flexibility index (Phi) is 2.72. The Hall–Kier alpha value is -2.09. The number of carbonyl (C=O) groups is 3. The second kappa shape index (κ2) is 4.06. The van der Waals surface area contributed by atoms with Crippen molar-refractivity contribution in [1.29, 1.82) is 0 Å². The third kappa shape index (κ3) is 1.94. The summed E-state index contributed by atoms with van der Waals surface area (Å²) in [5.41, 5.74) is 0.417. The SMILES string of the molecule is O=C(O)C(=O)Nc1sc2c(c1C(=O)O)CCO2. The van der Waals surface area contributed by atoms with Crippen LogP contribution in [-0.4, -0.2) is 34.7 Å². The molecule has 0 aromatic carbocycles. The molecule has 8 heteroatoms. The lowest BCUT2D eigenvalue weighted by molar-refractivity contribution is -0.147. The van der Waals surface area contributed by atoms with Crippen molar-refractivity contribution in [2.24, 2.45) is 0 Å². The van der Waals surface area contributed by atoms with Gasteiger partial charge < -0.3 is 20.3 Å². The van der Waals surface area contributed by atoms with Crippen LogP contribution < -0.4 is 10.1 Å². The van der Waals surface area contributed by atoms with E-state index in [4.69, 9.17) is 14.9 Å². The van der Waals surface area contributed by atoms with Crippen LogP contribution in [0.25, 0.3) is 0 Å². The van der Waals surface area contributed by atoms with E-state index >= 15 is 0 Å². The molecule has 0 saturated carbocycles. The van der Waals surface area contributed by atoms with Crippen LogP contribution in [0.3, 0.4) is 0 Å². The first kappa shape index (κ1) is 11.4. The van der Waals surface area contributed by atoms with Crippen LogP contribution in [0.2, 0.25) is 0 Å². The Morgan fingerprint density at radius 3 is 2.59 bits per heavy atom. The highest BCUT2D eigenvalue weighted by Crippen LogP contribution is 2.42. The maximum absolute atomic E-state index is 11.0. The normalized spacial score (nSPS) is 12.7. The van der Waals surface area contributed by atoms with E-state index in [9.17, 15) is 14.4 Å². The van der Waals surface area contributed by atoms with Gasteiger partial charge in [0.2, 0.25) is 0 Å². The lowest BCUT2D eigenvalue weighted by Gasteiger charge is -2.01. The molecular formula is C9H7NO6S. The molecule has 90 valence electrons. The van der Waals surface area contributed by atoms with Crippen molar-refractivity contribution < 1.29 is 29.3 Å². The summed E-state index contributed by atoms with van der Waals surface area (Å²) in [4.78, 5) is 32.4. The first-order chi connectivity index (χ1) is 8.00. The number of amides is 1. The second-order valence-corrected chi connectivity index (χ2v) is 4.22. The molecule has 1 amide bonds. The maximum Gasteiger partial charge on any atom is 0.394 e. The molecule has 0 fully saturated rings. The topological polar surface area (TPSA) is 113 Å². The van der Waals surface area contributed by atoms with Crippen LogP contribution in [0.4, 0.5) is 5.00 Å². The average Bonchev–Trinajstić information content (AvgIpc) is 2.75. The maximum atomic E-state index is 11.0. The fourth-order valence-electron chi connectivity index (χ4n) is 1.50. The van der Waals surface area contributed by atoms with Crippen molar-refractivity contribution in [2.75, 3.05) is 11.9 Å². The highest BCUT2D eigenvalue weighted by atomic mass is 32.1. The summed E-state index contributed by atoms with van der Waals surface area (Å²) in [7, 11) is 0. The van der Waals surface area contributed by atoms with Gasteiger partial charge in [-0.15, -0.1) is 0 Å². The van der Waals surface area contributed by atoms with Gasteiger partial charge in [0.25, 0.3) is 0 Å². The first-order valence-electron chi connectivity index (χ1n) is 4.56. The summed E-state index contributed by atoms with van der Waals surface area (Å²) in [6.07, 6.45) is 0.441. The molecule has 0 unspecified atom stereocenters. The fraction of sp³-hybridized carbons (Fsp3) is 0.222. The van der Waals surface area contributed by atoms with E-state index in [0.717, 1.165) is 11.3 Å². The number of aliphatic carboxylic acids is 1. The number of thiophene rings is 1. The predicted octanol–water partition coefficient (Wildman–Crippen LogP) is 0.404. The van der Waals surface area contributed by atoms with Gasteiger partial charge in [-0.25, -0.2) is 9.59 Å². The van der Waals surface area contributed by atoms with Gasteiger partial charge in [0.15, 0.2) is 5.06 Å². The smallest absolute Gasteiger partial charge is 0.394 e. The Labute approximate surface area is 98.6 Å². The van der Waals surface area contributed by atoms with Crippen LogP contribution in [0, 0.1) is 0 Å². The molecule has 2 heterocycles. The molecule has 0 radical (unpaired) electrons. The highest BCUT2D eigenvalue weighted by molar-refractivity contribution is 7.18. The van der Waals surface area contributed by atoms with Crippen molar-refractivity contribution >= 4 is 34.2 Å². The van der Waals surface area contributed by atoms with Crippen LogP contribution in [0.15, 0.2) is 0 Å². The number of hydrogen-bond acceptors (Lipinski definition) is 5. The minimum absolute atomic E-state index is 0.00500. The molecule has 0 saturated heterocycles.